The fourth-order valence-corrected chi connectivity index (χ4v) is 4.33. The average Bonchev–Trinajstić information content (AvgIpc) is 3.09. The lowest BCUT2D eigenvalue weighted by Crippen LogP contribution is -2.14. The SMILES string of the molecule is COc1cc(OC)cc(-c2cn(CCCSSCCN(C)C)nn2)c1. The van der Waals surface area contributed by atoms with Crippen molar-refractivity contribution in [3.8, 4) is 22.8 Å². The van der Waals surface area contributed by atoms with Crippen LogP contribution in [0.1, 0.15) is 6.42 Å². The Hall–Kier alpha value is -1.38. The third-order valence-electron chi connectivity index (χ3n) is 3.51. The summed E-state index contributed by atoms with van der Waals surface area (Å²) in [5, 5.41) is 8.49. The van der Waals surface area contributed by atoms with E-state index in [1.54, 1.807) is 14.2 Å². The zero-order chi connectivity index (χ0) is 18.1. The molecule has 8 heteroatoms. The lowest BCUT2D eigenvalue weighted by atomic mass is 10.1. The summed E-state index contributed by atoms with van der Waals surface area (Å²) < 4.78 is 12.5. The zero-order valence-electron chi connectivity index (χ0n) is 15.3. The van der Waals surface area contributed by atoms with Crippen LogP contribution in [0.15, 0.2) is 24.4 Å². The number of hydrogen-bond donors (Lipinski definition) is 0. The number of hydrogen-bond acceptors (Lipinski definition) is 7. The molecule has 0 amide bonds. The van der Waals surface area contributed by atoms with E-state index in [1.165, 1.54) is 0 Å². The van der Waals surface area contributed by atoms with Crippen molar-refractivity contribution in [3.05, 3.63) is 24.4 Å². The molecule has 1 aromatic carbocycles. The lowest BCUT2D eigenvalue weighted by molar-refractivity contribution is 0.394. The van der Waals surface area contributed by atoms with Crippen LogP contribution >= 0.6 is 21.6 Å². The van der Waals surface area contributed by atoms with E-state index in [1.807, 2.05) is 50.7 Å². The van der Waals surface area contributed by atoms with Crippen molar-refractivity contribution in [2.45, 2.75) is 13.0 Å². The minimum atomic E-state index is 0.745. The van der Waals surface area contributed by atoms with Gasteiger partial charge < -0.3 is 14.4 Å². The molecule has 0 aliphatic rings. The molecule has 1 aromatic heterocycles. The van der Waals surface area contributed by atoms with E-state index >= 15 is 0 Å². The maximum absolute atomic E-state index is 5.31. The van der Waals surface area contributed by atoms with Gasteiger partial charge in [0.15, 0.2) is 0 Å². The fraction of sp³-hybridized carbons (Fsp3) is 0.529. The number of aromatic nitrogens is 3. The van der Waals surface area contributed by atoms with Crippen LogP contribution in [0.5, 0.6) is 11.5 Å². The highest BCUT2D eigenvalue weighted by Gasteiger charge is 2.08. The second kappa shape index (κ2) is 10.6. The van der Waals surface area contributed by atoms with Crippen LogP contribution < -0.4 is 9.47 Å². The second-order valence-corrected chi connectivity index (χ2v) is 8.47. The van der Waals surface area contributed by atoms with Crippen LogP contribution in [0.25, 0.3) is 11.3 Å². The maximum Gasteiger partial charge on any atom is 0.123 e. The van der Waals surface area contributed by atoms with Crippen LogP contribution in [-0.4, -0.2) is 66.3 Å². The van der Waals surface area contributed by atoms with E-state index in [0.717, 1.165) is 53.8 Å². The summed E-state index contributed by atoms with van der Waals surface area (Å²) in [4.78, 5) is 2.21. The Labute approximate surface area is 157 Å². The quantitative estimate of drug-likeness (QED) is 0.436. The van der Waals surface area contributed by atoms with Gasteiger partial charge in [-0.15, -0.1) is 5.10 Å². The van der Waals surface area contributed by atoms with Gasteiger partial charge in [0, 0.05) is 36.2 Å². The molecule has 0 saturated heterocycles. The standard InChI is InChI=1S/C17H26N4O2S2/c1-20(2)7-9-25-24-8-5-6-21-13-17(18-19-21)14-10-15(22-3)12-16(11-14)23-4/h10-13H,5-9H2,1-4H3. The molecule has 0 bridgehead atoms. The molecule has 0 aliphatic carbocycles. The molecule has 25 heavy (non-hydrogen) atoms. The van der Waals surface area contributed by atoms with Crippen LogP contribution in [0.4, 0.5) is 0 Å². The van der Waals surface area contributed by atoms with Gasteiger partial charge in [-0.2, -0.15) is 0 Å². The van der Waals surface area contributed by atoms with Crippen LogP contribution in [0.2, 0.25) is 0 Å². The molecule has 138 valence electrons. The molecular formula is C17H26N4O2S2. The van der Waals surface area contributed by atoms with Crippen molar-refractivity contribution in [2.75, 3.05) is 46.4 Å². The summed E-state index contributed by atoms with van der Waals surface area (Å²) >= 11 is 0. The van der Waals surface area contributed by atoms with Gasteiger partial charge in [0.05, 0.1) is 20.4 Å². The van der Waals surface area contributed by atoms with Crippen LogP contribution in [0, 0.1) is 0 Å². The van der Waals surface area contributed by atoms with E-state index in [-0.39, 0.29) is 0 Å². The molecule has 2 aromatic rings. The summed E-state index contributed by atoms with van der Waals surface area (Å²) in [6.45, 7) is 1.99. The van der Waals surface area contributed by atoms with Crippen LogP contribution in [-0.2, 0) is 6.54 Å². The minimum Gasteiger partial charge on any atom is -0.497 e. The van der Waals surface area contributed by atoms with E-state index in [0.29, 0.717) is 0 Å². The summed E-state index contributed by atoms with van der Waals surface area (Å²) in [5.41, 5.74) is 1.77. The maximum atomic E-state index is 5.31. The first-order chi connectivity index (χ1) is 12.1. The highest BCUT2D eigenvalue weighted by Crippen LogP contribution is 2.28. The molecule has 6 nitrogen and oxygen atoms in total. The van der Waals surface area contributed by atoms with E-state index < -0.39 is 0 Å². The van der Waals surface area contributed by atoms with Gasteiger partial charge >= 0.3 is 0 Å². The lowest BCUT2D eigenvalue weighted by Gasteiger charge is -2.07. The van der Waals surface area contributed by atoms with Crippen molar-refractivity contribution in [3.63, 3.8) is 0 Å². The number of rotatable bonds is 11. The summed E-state index contributed by atoms with van der Waals surface area (Å²) in [6, 6.07) is 5.72. The molecule has 0 fully saturated rings. The molecule has 0 N–H and O–H groups in total. The average molecular weight is 383 g/mol. The zero-order valence-corrected chi connectivity index (χ0v) is 16.9. The third kappa shape index (κ3) is 6.80. The van der Waals surface area contributed by atoms with Crippen LogP contribution in [0.3, 0.4) is 0 Å². The van der Waals surface area contributed by atoms with Gasteiger partial charge in [-0.1, -0.05) is 26.8 Å². The van der Waals surface area contributed by atoms with Gasteiger partial charge in [0.1, 0.15) is 17.2 Å². The van der Waals surface area contributed by atoms with E-state index in [9.17, 15) is 0 Å². The topological polar surface area (TPSA) is 52.4 Å². The van der Waals surface area contributed by atoms with Crippen molar-refractivity contribution in [2.24, 2.45) is 0 Å². The van der Waals surface area contributed by atoms with Crippen molar-refractivity contribution < 1.29 is 9.47 Å². The monoisotopic (exact) mass is 382 g/mol. The van der Waals surface area contributed by atoms with Crippen molar-refractivity contribution in [1.82, 2.24) is 19.9 Å². The Balaban J connectivity index is 1.82. The predicted octanol–water partition coefficient (Wildman–Crippen LogP) is 3.30. The molecule has 0 spiro atoms. The number of aryl methyl sites for hydroxylation is 1. The van der Waals surface area contributed by atoms with Gasteiger partial charge in [-0.25, -0.2) is 0 Å². The smallest absolute Gasteiger partial charge is 0.123 e. The van der Waals surface area contributed by atoms with E-state index in [2.05, 4.69) is 29.3 Å². The van der Waals surface area contributed by atoms with Gasteiger partial charge in [0.25, 0.3) is 0 Å². The Kier molecular flexibility index (Phi) is 8.43. The first kappa shape index (κ1) is 19.9. The number of benzene rings is 1. The van der Waals surface area contributed by atoms with E-state index in [4.69, 9.17) is 9.47 Å². The minimum absolute atomic E-state index is 0.745. The van der Waals surface area contributed by atoms with Crippen molar-refractivity contribution in [1.29, 1.82) is 0 Å². The summed E-state index contributed by atoms with van der Waals surface area (Å²) in [5.74, 6) is 3.76. The Morgan fingerprint density at radius 1 is 1.04 bits per heavy atom. The Morgan fingerprint density at radius 3 is 2.36 bits per heavy atom. The molecule has 1 heterocycles. The number of ether oxygens (including phenoxy) is 2. The van der Waals surface area contributed by atoms with Gasteiger partial charge in [-0.05, 0) is 32.6 Å². The third-order valence-corrected chi connectivity index (χ3v) is 5.98. The molecule has 0 aliphatic heterocycles. The predicted molar refractivity (Wildman–Crippen MR) is 107 cm³/mol. The van der Waals surface area contributed by atoms with Gasteiger partial charge in [-0.3, -0.25) is 4.68 Å². The normalized spacial score (nSPS) is 11.1. The molecule has 0 atom stereocenters. The molecular weight excluding hydrogens is 356 g/mol. The summed E-state index contributed by atoms with van der Waals surface area (Å²) in [6.07, 6.45) is 3.04. The van der Waals surface area contributed by atoms with Crippen molar-refractivity contribution >= 4 is 21.6 Å². The second-order valence-electron chi connectivity index (χ2n) is 5.77. The highest BCUT2D eigenvalue weighted by atomic mass is 33.1. The first-order valence-corrected chi connectivity index (χ1v) is 10.6. The largest absolute Gasteiger partial charge is 0.497 e. The number of nitrogens with zero attached hydrogens (tertiary/aromatic N) is 4. The fourth-order valence-electron chi connectivity index (χ4n) is 2.12. The molecule has 0 unspecified atom stereocenters. The first-order valence-electron chi connectivity index (χ1n) is 8.15. The van der Waals surface area contributed by atoms with Gasteiger partial charge in [0.2, 0.25) is 0 Å². The molecule has 0 radical (unpaired) electrons. The molecule has 2 rings (SSSR count). The highest BCUT2D eigenvalue weighted by molar-refractivity contribution is 8.76. The Bertz CT molecular complexity index is 627. The molecule has 0 saturated carbocycles. The summed E-state index contributed by atoms with van der Waals surface area (Å²) in [7, 11) is 11.3. The Morgan fingerprint density at radius 2 is 1.72 bits per heavy atom. The number of methoxy groups -OCH3 is 2.